The topological polar surface area (TPSA) is 47.3 Å². The maximum atomic E-state index is 12.6. The van der Waals surface area contributed by atoms with Gasteiger partial charge in [-0.3, -0.25) is 4.79 Å². The summed E-state index contributed by atoms with van der Waals surface area (Å²) in [6.45, 7) is 2.04. The maximum Gasteiger partial charge on any atom is 0.291 e. The molecule has 2 aromatic heterocycles. The maximum absolute atomic E-state index is 12.6. The zero-order valence-corrected chi connectivity index (χ0v) is 15.1. The first-order chi connectivity index (χ1) is 11.6. The van der Waals surface area contributed by atoms with Gasteiger partial charge in [0.25, 0.3) is 5.56 Å². The normalized spacial score (nSPS) is 12.2. The molecule has 0 radical (unpaired) electrons. The number of benzene rings is 2. The van der Waals surface area contributed by atoms with Gasteiger partial charge in [-0.2, -0.15) is 9.50 Å². The van der Waals surface area contributed by atoms with Gasteiger partial charge < -0.3 is 0 Å². The summed E-state index contributed by atoms with van der Waals surface area (Å²) in [5, 5.41) is 4.37. The lowest BCUT2D eigenvalue weighted by Crippen LogP contribution is -2.23. The lowest BCUT2D eigenvalue weighted by molar-refractivity contribution is 0.936. The number of aryl methyl sites for hydroxylation is 1. The molecule has 0 aliphatic heterocycles. The van der Waals surface area contributed by atoms with Crippen LogP contribution in [0.15, 0.2) is 57.8 Å². The standard InChI is InChI=1S/C18H12BrN3OS/c1-11-6-8-12(9-7-11)10-15-17(23)22-18(24-15)20-16(21-22)13-4-2-3-5-14(13)19/h2-10H,1H3. The molecular formula is C18H12BrN3OS. The molecule has 2 aromatic carbocycles. The van der Waals surface area contributed by atoms with Gasteiger partial charge in [0.1, 0.15) is 0 Å². The van der Waals surface area contributed by atoms with Gasteiger partial charge in [0.05, 0.1) is 4.53 Å². The molecule has 0 N–H and O–H groups in total. The van der Waals surface area contributed by atoms with Crippen LogP contribution in [0.1, 0.15) is 11.1 Å². The van der Waals surface area contributed by atoms with Crippen molar-refractivity contribution in [1.82, 2.24) is 14.6 Å². The molecule has 0 saturated carbocycles. The van der Waals surface area contributed by atoms with Crippen molar-refractivity contribution in [2.24, 2.45) is 0 Å². The molecule has 118 valence electrons. The summed E-state index contributed by atoms with van der Waals surface area (Å²) < 4.78 is 2.91. The first-order valence-corrected chi connectivity index (χ1v) is 8.95. The third-order valence-electron chi connectivity index (χ3n) is 3.67. The molecular weight excluding hydrogens is 386 g/mol. The van der Waals surface area contributed by atoms with E-state index in [1.165, 1.54) is 21.4 Å². The van der Waals surface area contributed by atoms with E-state index in [0.717, 1.165) is 15.6 Å². The smallest absolute Gasteiger partial charge is 0.266 e. The van der Waals surface area contributed by atoms with Gasteiger partial charge in [0.15, 0.2) is 5.82 Å². The molecule has 0 aliphatic rings. The third-order valence-corrected chi connectivity index (χ3v) is 5.32. The highest BCUT2D eigenvalue weighted by molar-refractivity contribution is 9.10. The average molecular weight is 398 g/mol. The van der Waals surface area contributed by atoms with Gasteiger partial charge in [-0.1, -0.05) is 69.2 Å². The Balaban J connectivity index is 1.83. The van der Waals surface area contributed by atoms with E-state index >= 15 is 0 Å². The van der Waals surface area contributed by atoms with Crippen molar-refractivity contribution >= 4 is 38.3 Å². The molecule has 0 bridgehead atoms. The largest absolute Gasteiger partial charge is 0.291 e. The second-order valence-electron chi connectivity index (χ2n) is 5.44. The van der Waals surface area contributed by atoms with Crippen LogP contribution in [0.3, 0.4) is 0 Å². The van der Waals surface area contributed by atoms with E-state index in [2.05, 4.69) is 26.0 Å². The highest BCUT2D eigenvalue weighted by Gasteiger charge is 2.13. The van der Waals surface area contributed by atoms with E-state index in [4.69, 9.17) is 0 Å². The Labute approximate surface area is 150 Å². The van der Waals surface area contributed by atoms with Crippen molar-refractivity contribution in [2.45, 2.75) is 6.92 Å². The third kappa shape index (κ3) is 2.68. The quantitative estimate of drug-likeness (QED) is 0.520. The van der Waals surface area contributed by atoms with E-state index in [1.54, 1.807) is 0 Å². The van der Waals surface area contributed by atoms with Gasteiger partial charge in [-0.25, -0.2) is 0 Å². The van der Waals surface area contributed by atoms with Gasteiger partial charge in [0.2, 0.25) is 4.96 Å². The molecule has 6 heteroatoms. The summed E-state index contributed by atoms with van der Waals surface area (Å²) in [7, 11) is 0. The number of nitrogens with zero attached hydrogens (tertiary/aromatic N) is 3. The number of fused-ring (bicyclic) bond motifs is 1. The van der Waals surface area contributed by atoms with Crippen LogP contribution in [-0.4, -0.2) is 14.6 Å². The Hall–Kier alpha value is -2.31. The van der Waals surface area contributed by atoms with Crippen molar-refractivity contribution in [3.05, 3.63) is 79.0 Å². The second-order valence-corrected chi connectivity index (χ2v) is 7.30. The van der Waals surface area contributed by atoms with Crippen LogP contribution in [0, 0.1) is 6.92 Å². The van der Waals surface area contributed by atoms with Crippen LogP contribution in [-0.2, 0) is 0 Å². The number of hydrogen-bond acceptors (Lipinski definition) is 4. The zero-order chi connectivity index (χ0) is 16.7. The molecule has 0 aliphatic carbocycles. The Kier molecular flexibility index (Phi) is 3.78. The van der Waals surface area contributed by atoms with Crippen LogP contribution >= 0.6 is 27.3 Å². The summed E-state index contributed by atoms with van der Waals surface area (Å²) in [5.41, 5.74) is 2.92. The van der Waals surface area contributed by atoms with E-state index in [-0.39, 0.29) is 5.56 Å². The van der Waals surface area contributed by atoms with Crippen molar-refractivity contribution in [3.8, 4) is 11.4 Å². The molecule has 4 nitrogen and oxygen atoms in total. The van der Waals surface area contributed by atoms with Gasteiger partial charge in [-0.05, 0) is 30.7 Å². The van der Waals surface area contributed by atoms with Crippen LogP contribution in [0.4, 0.5) is 0 Å². The van der Waals surface area contributed by atoms with Crippen molar-refractivity contribution < 1.29 is 0 Å². The minimum atomic E-state index is -0.138. The Morgan fingerprint density at radius 2 is 1.88 bits per heavy atom. The number of hydrogen-bond donors (Lipinski definition) is 0. The molecule has 0 unspecified atom stereocenters. The Bertz CT molecular complexity index is 1150. The fraction of sp³-hybridized carbons (Fsp3) is 0.0556. The minimum absolute atomic E-state index is 0.138. The van der Waals surface area contributed by atoms with Crippen molar-refractivity contribution in [2.75, 3.05) is 0 Å². The average Bonchev–Trinajstić information content (AvgIpc) is 3.10. The van der Waals surface area contributed by atoms with E-state index in [0.29, 0.717) is 15.3 Å². The number of thiazole rings is 1. The van der Waals surface area contributed by atoms with Crippen LogP contribution in [0.2, 0.25) is 0 Å². The SMILES string of the molecule is Cc1ccc(C=c2sc3nc(-c4ccccc4Br)nn3c2=O)cc1. The Morgan fingerprint density at radius 1 is 1.12 bits per heavy atom. The van der Waals surface area contributed by atoms with Crippen LogP contribution in [0.25, 0.3) is 22.4 Å². The number of rotatable bonds is 2. The van der Waals surface area contributed by atoms with Gasteiger partial charge in [0, 0.05) is 10.0 Å². The summed E-state index contributed by atoms with van der Waals surface area (Å²) in [5.74, 6) is 0.549. The van der Waals surface area contributed by atoms with Gasteiger partial charge >= 0.3 is 0 Å². The zero-order valence-electron chi connectivity index (χ0n) is 12.7. The monoisotopic (exact) mass is 397 g/mol. The molecule has 4 rings (SSSR count). The van der Waals surface area contributed by atoms with E-state index in [1.807, 2.05) is 61.5 Å². The number of aromatic nitrogens is 3. The first-order valence-electron chi connectivity index (χ1n) is 7.35. The van der Waals surface area contributed by atoms with Crippen LogP contribution in [0.5, 0.6) is 0 Å². The second kappa shape index (κ2) is 5.96. The Morgan fingerprint density at radius 3 is 2.58 bits per heavy atom. The number of halogens is 1. The summed E-state index contributed by atoms with van der Waals surface area (Å²) in [4.78, 5) is 17.7. The predicted molar refractivity (Wildman–Crippen MR) is 100 cm³/mol. The highest BCUT2D eigenvalue weighted by atomic mass is 79.9. The summed E-state index contributed by atoms with van der Waals surface area (Å²) >= 11 is 4.84. The highest BCUT2D eigenvalue weighted by Crippen LogP contribution is 2.25. The molecule has 4 aromatic rings. The molecule has 0 spiro atoms. The lowest BCUT2D eigenvalue weighted by atomic mass is 10.1. The molecule has 0 amide bonds. The fourth-order valence-electron chi connectivity index (χ4n) is 2.40. The minimum Gasteiger partial charge on any atom is -0.266 e. The summed E-state index contributed by atoms with van der Waals surface area (Å²) in [6.07, 6.45) is 1.88. The van der Waals surface area contributed by atoms with E-state index in [9.17, 15) is 4.79 Å². The molecule has 0 atom stereocenters. The lowest BCUT2D eigenvalue weighted by Gasteiger charge is -1.97. The molecule has 0 fully saturated rings. The molecule has 2 heterocycles. The predicted octanol–water partition coefficient (Wildman–Crippen LogP) is 3.44. The molecule has 24 heavy (non-hydrogen) atoms. The molecule has 0 saturated heterocycles. The van der Waals surface area contributed by atoms with E-state index < -0.39 is 0 Å². The fourth-order valence-corrected chi connectivity index (χ4v) is 3.77. The van der Waals surface area contributed by atoms with Crippen molar-refractivity contribution in [3.63, 3.8) is 0 Å². The van der Waals surface area contributed by atoms with Crippen molar-refractivity contribution in [1.29, 1.82) is 0 Å². The van der Waals surface area contributed by atoms with Crippen LogP contribution < -0.4 is 10.1 Å². The summed E-state index contributed by atoms with van der Waals surface area (Å²) in [6, 6.07) is 15.8. The van der Waals surface area contributed by atoms with Gasteiger partial charge in [-0.15, -0.1) is 5.10 Å². The first kappa shape index (κ1) is 15.2.